The van der Waals surface area contributed by atoms with E-state index < -0.39 is 0 Å². The maximum absolute atomic E-state index is 8.73. The molecule has 0 bridgehead atoms. The quantitative estimate of drug-likeness (QED) is 0.387. The van der Waals surface area contributed by atoms with Gasteiger partial charge < -0.3 is 5.11 Å². The SMILES string of the molecule is CCCCC(C)[C@@H](CCC)CCCCCCCCO. The number of aliphatic hydroxyl groups is 1. The molecule has 0 aliphatic rings. The predicted octanol–water partition coefficient (Wildman–Crippen LogP) is 5.95. The van der Waals surface area contributed by atoms with Crippen LogP contribution in [0.4, 0.5) is 0 Å². The summed E-state index contributed by atoms with van der Waals surface area (Å²) in [6.07, 6.45) is 16.1. The van der Waals surface area contributed by atoms with E-state index in [0.29, 0.717) is 6.61 Å². The van der Waals surface area contributed by atoms with Gasteiger partial charge in [-0.3, -0.25) is 0 Å². The lowest BCUT2D eigenvalue weighted by atomic mass is 9.82. The largest absolute Gasteiger partial charge is 0.396 e. The monoisotopic (exact) mass is 270 g/mol. The second kappa shape index (κ2) is 14.4. The van der Waals surface area contributed by atoms with Gasteiger partial charge in [-0.1, -0.05) is 91.4 Å². The number of rotatable bonds is 14. The highest BCUT2D eigenvalue weighted by Gasteiger charge is 2.15. The van der Waals surface area contributed by atoms with Gasteiger partial charge in [0.05, 0.1) is 0 Å². The molecule has 0 aromatic heterocycles. The summed E-state index contributed by atoms with van der Waals surface area (Å²) < 4.78 is 0. The second-order valence-electron chi connectivity index (χ2n) is 6.30. The highest BCUT2D eigenvalue weighted by molar-refractivity contribution is 4.67. The third kappa shape index (κ3) is 11.5. The van der Waals surface area contributed by atoms with Crippen molar-refractivity contribution >= 4 is 0 Å². The molecule has 0 aromatic carbocycles. The zero-order valence-corrected chi connectivity index (χ0v) is 13.8. The molecule has 0 spiro atoms. The molecule has 0 saturated heterocycles. The van der Waals surface area contributed by atoms with Crippen LogP contribution in [0, 0.1) is 11.8 Å². The van der Waals surface area contributed by atoms with Crippen LogP contribution < -0.4 is 0 Å². The van der Waals surface area contributed by atoms with Crippen molar-refractivity contribution in [2.24, 2.45) is 11.8 Å². The summed E-state index contributed by atoms with van der Waals surface area (Å²) in [6.45, 7) is 7.47. The average molecular weight is 271 g/mol. The zero-order valence-electron chi connectivity index (χ0n) is 13.8. The first-order chi connectivity index (χ1) is 9.26. The standard InChI is InChI=1S/C18H38O/c1-4-6-14-17(3)18(13-5-2)15-11-9-7-8-10-12-16-19/h17-19H,4-16H2,1-3H3/t17?,18-/m0/s1. The Kier molecular flexibility index (Phi) is 14.3. The lowest BCUT2D eigenvalue weighted by molar-refractivity contribution is 0.277. The molecule has 0 aromatic rings. The van der Waals surface area contributed by atoms with Gasteiger partial charge in [0.15, 0.2) is 0 Å². The molecular weight excluding hydrogens is 232 g/mol. The first-order valence-corrected chi connectivity index (χ1v) is 8.87. The van der Waals surface area contributed by atoms with Crippen molar-refractivity contribution in [3.05, 3.63) is 0 Å². The van der Waals surface area contributed by atoms with Crippen LogP contribution >= 0.6 is 0 Å². The molecule has 1 nitrogen and oxygen atoms in total. The van der Waals surface area contributed by atoms with Crippen LogP contribution in [0.1, 0.15) is 97.8 Å². The predicted molar refractivity (Wildman–Crippen MR) is 86.5 cm³/mol. The molecular formula is C18H38O. The molecule has 19 heavy (non-hydrogen) atoms. The Morgan fingerprint density at radius 2 is 1.32 bits per heavy atom. The fraction of sp³-hybridized carbons (Fsp3) is 1.00. The highest BCUT2D eigenvalue weighted by Crippen LogP contribution is 2.27. The lowest BCUT2D eigenvalue weighted by Crippen LogP contribution is -2.12. The van der Waals surface area contributed by atoms with Gasteiger partial charge in [0.1, 0.15) is 0 Å². The molecule has 0 fully saturated rings. The topological polar surface area (TPSA) is 20.2 Å². The van der Waals surface area contributed by atoms with Crippen molar-refractivity contribution in [3.8, 4) is 0 Å². The van der Waals surface area contributed by atoms with Gasteiger partial charge in [0.25, 0.3) is 0 Å². The third-order valence-electron chi connectivity index (χ3n) is 4.46. The maximum atomic E-state index is 8.73. The van der Waals surface area contributed by atoms with Crippen molar-refractivity contribution in [2.45, 2.75) is 97.8 Å². The van der Waals surface area contributed by atoms with Gasteiger partial charge in [-0.05, 0) is 18.3 Å². The first kappa shape index (κ1) is 19.0. The number of hydrogen-bond acceptors (Lipinski definition) is 1. The minimum atomic E-state index is 0.369. The van der Waals surface area contributed by atoms with Crippen molar-refractivity contribution in [1.29, 1.82) is 0 Å². The molecule has 1 unspecified atom stereocenters. The molecule has 0 rings (SSSR count). The van der Waals surface area contributed by atoms with E-state index in [1.807, 2.05) is 0 Å². The van der Waals surface area contributed by atoms with Crippen LogP contribution in [-0.2, 0) is 0 Å². The van der Waals surface area contributed by atoms with Crippen LogP contribution in [-0.4, -0.2) is 11.7 Å². The van der Waals surface area contributed by atoms with Gasteiger partial charge >= 0.3 is 0 Å². The van der Waals surface area contributed by atoms with Gasteiger partial charge in [-0.2, -0.15) is 0 Å². The molecule has 0 radical (unpaired) electrons. The Morgan fingerprint density at radius 1 is 0.684 bits per heavy atom. The first-order valence-electron chi connectivity index (χ1n) is 8.87. The summed E-state index contributed by atoms with van der Waals surface area (Å²) >= 11 is 0. The molecule has 2 atom stereocenters. The Balaban J connectivity index is 3.63. The molecule has 0 amide bonds. The zero-order chi connectivity index (χ0) is 14.3. The number of aliphatic hydroxyl groups excluding tert-OH is 1. The summed E-state index contributed by atoms with van der Waals surface area (Å²) in [5.41, 5.74) is 0. The van der Waals surface area contributed by atoms with Crippen LogP contribution in [0.5, 0.6) is 0 Å². The van der Waals surface area contributed by atoms with Crippen molar-refractivity contribution in [3.63, 3.8) is 0 Å². The second-order valence-corrected chi connectivity index (χ2v) is 6.30. The number of hydrogen-bond donors (Lipinski definition) is 1. The molecule has 0 aliphatic carbocycles. The van der Waals surface area contributed by atoms with E-state index in [9.17, 15) is 0 Å². The van der Waals surface area contributed by atoms with Crippen LogP contribution in [0.15, 0.2) is 0 Å². The van der Waals surface area contributed by atoms with Gasteiger partial charge in [0.2, 0.25) is 0 Å². The summed E-state index contributed by atoms with van der Waals surface area (Å²) in [7, 11) is 0. The normalized spacial score (nSPS) is 14.5. The summed E-state index contributed by atoms with van der Waals surface area (Å²) in [6, 6.07) is 0. The minimum Gasteiger partial charge on any atom is -0.396 e. The summed E-state index contributed by atoms with van der Waals surface area (Å²) in [4.78, 5) is 0. The van der Waals surface area contributed by atoms with E-state index in [1.165, 1.54) is 70.6 Å². The van der Waals surface area contributed by atoms with E-state index in [4.69, 9.17) is 5.11 Å². The molecule has 0 heterocycles. The third-order valence-corrected chi connectivity index (χ3v) is 4.46. The Bertz CT molecular complexity index is 167. The molecule has 116 valence electrons. The van der Waals surface area contributed by atoms with E-state index >= 15 is 0 Å². The van der Waals surface area contributed by atoms with E-state index in [0.717, 1.165) is 18.3 Å². The van der Waals surface area contributed by atoms with Gasteiger partial charge in [-0.25, -0.2) is 0 Å². The molecule has 0 saturated carbocycles. The fourth-order valence-electron chi connectivity index (χ4n) is 3.07. The van der Waals surface area contributed by atoms with Gasteiger partial charge in [0, 0.05) is 6.61 Å². The average Bonchev–Trinajstić information content (AvgIpc) is 2.42. The van der Waals surface area contributed by atoms with E-state index in [2.05, 4.69) is 20.8 Å². The molecule has 1 N–H and O–H groups in total. The number of unbranched alkanes of at least 4 members (excludes halogenated alkanes) is 6. The maximum Gasteiger partial charge on any atom is 0.0431 e. The van der Waals surface area contributed by atoms with E-state index in [1.54, 1.807) is 0 Å². The van der Waals surface area contributed by atoms with E-state index in [-0.39, 0.29) is 0 Å². The molecule has 1 heteroatoms. The minimum absolute atomic E-state index is 0.369. The van der Waals surface area contributed by atoms with Crippen molar-refractivity contribution in [2.75, 3.05) is 6.61 Å². The smallest absolute Gasteiger partial charge is 0.0431 e. The van der Waals surface area contributed by atoms with Crippen LogP contribution in [0.3, 0.4) is 0 Å². The van der Waals surface area contributed by atoms with Crippen LogP contribution in [0.25, 0.3) is 0 Å². The summed E-state index contributed by atoms with van der Waals surface area (Å²) in [5.74, 6) is 1.89. The van der Waals surface area contributed by atoms with Crippen LogP contribution in [0.2, 0.25) is 0 Å². The summed E-state index contributed by atoms with van der Waals surface area (Å²) in [5, 5.41) is 8.73. The fourth-order valence-corrected chi connectivity index (χ4v) is 3.07. The lowest BCUT2D eigenvalue weighted by Gasteiger charge is -2.23. The van der Waals surface area contributed by atoms with Gasteiger partial charge in [-0.15, -0.1) is 0 Å². The Hall–Kier alpha value is -0.0400. The Labute approximate surface area is 122 Å². The van der Waals surface area contributed by atoms with Crippen molar-refractivity contribution in [1.82, 2.24) is 0 Å². The van der Waals surface area contributed by atoms with Crippen molar-refractivity contribution < 1.29 is 5.11 Å². The molecule has 0 aliphatic heterocycles. The highest BCUT2D eigenvalue weighted by atomic mass is 16.2. The Morgan fingerprint density at radius 3 is 1.89 bits per heavy atom.